The van der Waals surface area contributed by atoms with Crippen molar-refractivity contribution in [2.45, 2.75) is 6.54 Å². The van der Waals surface area contributed by atoms with Crippen molar-refractivity contribution in [3.05, 3.63) is 11.1 Å². The van der Waals surface area contributed by atoms with Crippen LogP contribution in [0.2, 0.25) is 0 Å². The molecule has 0 bridgehead atoms. The van der Waals surface area contributed by atoms with E-state index < -0.39 is 0 Å². The van der Waals surface area contributed by atoms with Crippen molar-refractivity contribution in [1.82, 2.24) is 20.1 Å². The van der Waals surface area contributed by atoms with Gasteiger partial charge in [-0.2, -0.15) is 0 Å². The number of nitrogens with one attached hydrogen (secondary N) is 1. The zero-order valence-electron chi connectivity index (χ0n) is 5.91. The normalized spacial score (nSPS) is 9.64. The lowest BCUT2D eigenvalue weighted by Gasteiger charge is -1.96. The Morgan fingerprint density at radius 3 is 3.09 bits per heavy atom. The third-order valence-corrected chi connectivity index (χ3v) is 1.46. The van der Waals surface area contributed by atoms with E-state index in [1.807, 2.05) is 0 Å². The number of hydrogen-bond acceptors (Lipinski definition) is 3. The number of aromatic nitrogens is 3. The maximum Gasteiger partial charge on any atom is 0.241 e. The van der Waals surface area contributed by atoms with Gasteiger partial charge in [0.1, 0.15) is 12.9 Å². The maximum atomic E-state index is 10.8. The highest BCUT2D eigenvalue weighted by Crippen LogP contribution is 1.97. The van der Waals surface area contributed by atoms with Crippen molar-refractivity contribution in [3.8, 4) is 0 Å². The van der Waals surface area contributed by atoms with Crippen LogP contribution in [0.3, 0.4) is 0 Å². The van der Waals surface area contributed by atoms with Crippen LogP contribution in [-0.4, -0.2) is 27.7 Å². The number of halogens is 1. The van der Waals surface area contributed by atoms with Gasteiger partial charge in [-0.25, -0.2) is 9.67 Å². The fourth-order valence-electron chi connectivity index (χ4n) is 0.574. The lowest BCUT2D eigenvalue weighted by atomic mass is 10.6. The van der Waals surface area contributed by atoms with Gasteiger partial charge in [-0.1, -0.05) is 0 Å². The Bertz CT molecular complexity index is 259. The Hall–Kier alpha value is -0.910. The molecule has 0 aromatic carbocycles. The number of hydrogen-bond donors (Lipinski definition) is 1. The number of likely N-dealkylation sites (N-methyl/N-ethyl adjacent to an activating group) is 1. The van der Waals surface area contributed by atoms with E-state index in [9.17, 15) is 4.79 Å². The molecule has 6 heteroatoms. The predicted octanol–water partition coefficient (Wildman–Crippen LogP) is -0.213. The van der Waals surface area contributed by atoms with Gasteiger partial charge < -0.3 is 5.32 Å². The molecule has 1 rings (SSSR count). The van der Waals surface area contributed by atoms with E-state index in [1.165, 1.54) is 11.0 Å². The molecule has 1 amide bonds. The number of amides is 1. The minimum absolute atomic E-state index is 0.0950. The first-order valence-electron chi connectivity index (χ1n) is 2.98. The van der Waals surface area contributed by atoms with Crippen LogP contribution in [0.15, 0.2) is 11.1 Å². The van der Waals surface area contributed by atoms with Crippen molar-refractivity contribution >= 4 is 21.8 Å². The van der Waals surface area contributed by atoms with Crippen LogP contribution < -0.4 is 5.32 Å². The van der Waals surface area contributed by atoms with Crippen molar-refractivity contribution in [1.29, 1.82) is 0 Å². The van der Waals surface area contributed by atoms with Gasteiger partial charge in [0.2, 0.25) is 10.6 Å². The van der Waals surface area contributed by atoms with Crippen LogP contribution in [0, 0.1) is 0 Å². The number of nitrogens with zero attached hydrogens (tertiary/aromatic N) is 3. The van der Waals surface area contributed by atoms with E-state index in [-0.39, 0.29) is 12.5 Å². The molecule has 0 saturated carbocycles. The molecule has 0 fully saturated rings. The summed E-state index contributed by atoms with van der Waals surface area (Å²) in [6.45, 7) is 0.203. The molecule has 0 saturated heterocycles. The summed E-state index contributed by atoms with van der Waals surface area (Å²) in [5.41, 5.74) is 0. The Kier molecular flexibility index (Phi) is 2.58. The fourth-order valence-corrected chi connectivity index (χ4v) is 0.870. The Morgan fingerprint density at radius 1 is 1.91 bits per heavy atom. The highest BCUT2D eigenvalue weighted by Gasteiger charge is 2.00. The molecule has 0 aliphatic carbocycles. The maximum absolute atomic E-state index is 10.8. The fraction of sp³-hybridized carbons (Fsp3) is 0.400. The highest BCUT2D eigenvalue weighted by molar-refractivity contribution is 9.10. The van der Waals surface area contributed by atoms with E-state index in [2.05, 4.69) is 31.3 Å². The largest absolute Gasteiger partial charge is 0.358 e. The van der Waals surface area contributed by atoms with E-state index in [0.29, 0.717) is 4.73 Å². The van der Waals surface area contributed by atoms with E-state index in [1.54, 1.807) is 7.05 Å². The van der Waals surface area contributed by atoms with Gasteiger partial charge in [0, 0.05) is 7.05 Å². The molecule has 1 N–H and O–H groups in total. The van der Waals surface area contributed by atoms with Crippen LogP contribution >= 0.6 is 15.9 Å². The number of rotatable bonds is 2. The summed E-state index contributed by atoms with van der Waals surface area (Å²) in [4.78, 5) is 14.6. The van der Waals surface area contributed by atoms with Gasteiger partial charge in [-0.05, 0) is 15.9 Å². The van der Waals surface area contributed by atoms with E-state index in [4.69, 9.17) is 0 Å². The summed E-state index contributed by atoms with van der Waals surface area (Å²) in [5, 5.41) is 6.34. The molecule has 0 spiro atoms. The Balaban J connectivity index is 2.57. The first-order chi connectivity index (χ1) is 5.22. The van der Waals surface area contributed by atoms with Crippen LogP contribution in [0.25, 0.3) is 0 Å². The summed E-state index contributed by atoms with van der Waals surface area (Å²) in [6, 6.07) is 0. The predicted molar refractivity (Wildman–Crippen MR) is 41.8 cm³/mol. The van der Waals surface area contributed by atoms with Gasteiger partial charge in [0.15, 0.2) is 0 Å². The molecule has 1 heterocycles. The monoisotopic (exact) mass is 218 g/mol. The minimum atomic E-state index is -0.0950. The van der Waals surface area contributed by atoms with Gasteiger partial charge in [0.05, 0.1) is 0 Å². The molecule has 1 aromatic rings. The van der Waals surface area contributed by atoms with Crippen LogP contribution in [0.5, 0.6) is 0 Å². The quantitative estimate of drug-likeness (QED) is 0.748. The molecule has 0 aliphatic rings. The van der Waals surface area contributed by atoms with Crippen molar-refractivity contribution in [2.75, 3.05) is 7.05 Å². The molecular formula is C5H7BrN4O. The average molecular weight is 219 g/mol. The van der Waals surface area contributed by atoms with E-state index in [0.717, 1.165) is 0 Å². The summed E-state index contributed by atoms with van der Waals surface area (Å²) in [7, 11) is 1.58. The molecular weight excluding hydrogens is 212 g/mol. The molecule has 0 radical (unpaired) electrons. The molecule has 0 unspecified atom stereocenters. The van der Waals surface area contributed by atoms with Gasteiger partial charge in [0.25, 0.3) is 0 Å². The van der Waals surface area contributed by atoms with Crippen molar-refractivity contribution in [3.63, 3.8) is 0 Å². The van der Waals surface area contributed by atoms with Crippen LogP contribution in [-0.2, 0) is 11.3 Å². The summed E-state index contributed by atoms with van der Waals surface area (Å²) >= 11 is 3.07. The molecule has 11 heavy (non-hydrogen) atoms. The van der Waals surface area contributed by atoms with Crippen LogP contribution in [0.1, 0.15) is 0 Å². The number of carbonyl (C=O) groups excluding carboxylic acids is 1. The van der Waals surface area contributed by atoms with Crippen molar-refractivity contribution in [2.24, 2.45) is 0 Å². The van der Waals surface area contributed by atoms with Crippen molar-refractivity contribution < 1.29 is 4.79 Å². The first kappa shape index (κ1) is 8.19. The van der Waals surface area contributed by atoms with E-state index >= 15 is 0 Å². The second kappa shape index (κ2) is 3.47. The van der Waals surface area contributed by atoms with Crippen LogP contribution in [0.4, 0.5) is 0 Å². The third kappa shape index (κ3) is 2.30. The van der Waals surface area contributed by atoms with Gasteiger partial charge in [-0.15, -0.1) is 5.10 Å². The lowest BCUT2D eigenvalue weighted by molar-refractivity contribution is -0.121. The molecule has 60 valence electrons. The summed E-state index contributed by atoms with van der Waals surface area (Å²) in [5.74, 6) is -0.0950. The zero-order valence-corrected chi connectivity index (χ0v) is 7.50. The van der Waals surface area contributed by atoms with Gasteiger partial charge >= 0.3 is 0 Å². The lowest BCUT2D eigenvalue weighted by Crippen LogP contribution is -2.23. The molecule has 0 atom stereocenters. The summed E-state index contributed by atoms with van der Waals surface area (Å²) in [6.07, 6.45) is 1.49. The minimum Gasteiger partial charge on any atom is -0.358 e. The third-order valence-electron chi connectivity index (χ3n) is 1.09. The first-order valence-corrected chi connectivity index (χ1v) is 3.77. The average Bonchev–Trinajstić information content (AvgIpc) is 2.35. The Morgan fingerprint density at radius 2 is 2.64 bits per heavy atom. The smallest absolute Gasteiger partial charge is 0.241 e. The molecule has 0 aliphatic heterocycles. The standard InChI is InChI=1S/C5H7BrN4O/c1-7-4(11)2-10-3-8-5(6)9-10/h3H,2H2,1H3,(H,7,11). The second-order valence-electron chi connectivity index (χ2n) is 1.88. The highest BCUT2D eigenvalue weighted by atomic mass is 79.9. The summed E-state index contributed by atoms with van der Waals surface area (Å²) < 4.78 is 1.93. The number of carbonyl (C=O) groups is 1. The zero-order chi connectivity index (χ0) is 8.27. The second-order valence-corrected chi connectivity index (χ2v) is 2.59. The van der Waals surface area contributed by atoms with Gasteiger partial charge in [-0.3, -0.25) is 4.79 Å². The Labute approximate surface area is 71.9 Å². The topological polar surface area (TPSA) is 59.8 Å². The SMILES string of the molecule is CNC(=O)Cn1cnc(Br)n1. The molecule has 1 aromatic heterocycles. The molecule has 5 nitrogen and oxygen atoms in total.